The van der Waals surface area contributed by atoms with Crippen LogP contribution in [-0.2, 0) is 0 Å². The Labute approximate surface area is 118 Å². The second kappa shape index (κ2) is 7.54. The number of hydrogen-bond acceptors (Lipinski definition) is 2. The van der Waals surface area contributed by atoms with Crippen LogP contribution in [0.25, 0.3) is 0 Å². The average molecular weight is 263 g/mol. The highest BCUT2D eigenvalue weighted by Crippen LogP contribution is 2.32. The van der Waals surface area contributed by atoms with Crippen LogP contribution in [0.1, 0.15) is 56.3 Å². The molecule has 0 amide bonds. The first-order valence-corrected chi connectivity index (χ1v) is 7.43. The van der Waals surface area contributed by atoms with Crippen molar-refractivity contribution in [1.82, 2.24) is 5.32 Å². The van der Waals surface area contributed by atoms with Crippen molar-refractivity contribution in [2.24, 2.45) is 5.92 Å². The third-order valence-electron chi connectivity index (χ3n) is 3.86. The smallest absolute Gasteiger partial charge is 0.122 e. The predicted molar refractivity (Wildman–Crippen MR) is 83.0 cm³/mol. The number of rotatable bonds is 7. The van der Waals surface area contributed by atoms with Gasteiger partial charge in [-0.15, -0.1) is 0 Å². The summed E-state index contributed by atoms with van der Waals surface area (Å²) in [5.74, 6) is 1.64. The molecule has 2 unspecified atom stereocenters. The van der Waals surface area contributed by atoms with E-state index in [-0.39, 0.29) is 0 Å². The zero-order valence-corrected chi connectivity index (χ0v) is 13.3. The molecule has 0 aliphatic carbocycles. The molecule has 0 saturated heterocycles. The normalized spacial score (nSPS) is 14.2. The molecule has 0 radical (unpaired) electrons. The monoisotopic (exact) mass is 263 g/mol. The molecule has 2 nitrogen and oxygen atoms in total. The fourth-order valence-electron chi connectivity index (χ4n) is 2.83. The lowest BCUT2D eigenvalue weighted by Gasteiger charge is -2.27. The molecule has 2 heteroatoms. The van der Waals surface area contributed by atoms with Gasteiger partial charge in [-0.05, 0) is 55.5 Å². The SMILES string of the molecule is CCCC(C)C(NCC)c1cc(C)c(OC)cc1C. The summed E-state index contributed by atoms with van der Waals surface area (Å²) in [7, 11) is 1.74. The molecular weight excluding hydrogens is 234 g/mol. The van der Waals surface area contributed by atoms with Crippen LogP contribution in [0.4, 0.5) is 0 Å². The van der Waals surface area contributed by atoms with E-state index in [1.165, 1.54) is 29.5 Å². The van der Waals surface area contributed by atoms with Gasteiger partial charge in [-0.3, -0.25) is 0 Å². The molecule has 1 aromatic carbocycles. The number of nitrogens with one attached hydrogen (secondary N) is 1. The van der Waals surface area contributed by atoms with Gasteiger partial charge in [0.25, 0.3) is 0 Å². The van der Waals surface area contributed by atoms with Gasteiger partial charge in [0.15, 0.2) is 0 Å². The Hall–Kier alpha value is -1.02. The first kappa shape index (κ1) is 16.0. The van der Waals surface area contributed by atoms with Crippen LogP contribution in [0.2, 0.25) is 0 Å². The summed E-state index contributed by atoms with van der Waals surface area (Å²) in [6.45, 7) is 12.1. The van der Waals surface area contributed by atoms with Gasteiger partial charge in [0.2, 0.25) is 0 Å². The summed E-state index contributed by atoms with van der Waals surface area (Å²) in [6, 6.07) is 4.89. The van der Waals surface area contributed by atoms with Crippen LogP contribution >= 0.6 is 0 Å². The van der Waals surface area contributed by atoms with E-state index in [1.54, 1.807) is 7.11 Å². The minimum Gasteiger partial charge on any atom is -0.496 e. The highest BCUT2D eigenvalue weighted by molar-refractivity contribution is 5.43. The zero-order chi connectivity index (χ0) is 14.4. The lowest BCUT2D eigenvalue weighted by molar-refractivity contribution is 0.366. The Morgan fingerprint density at radius 1 is 1.16 bits per heavy atom. The zero-order valence-electron chi connectivity index (χ0n) is 13.3. The van der Waals surface area contributed by atoms with E-state index in [0.29, 0.717) is 12.0 Å². The van der Waals surface area contributed by atoms with E-state index in [2.05, 4.69) is 52.1 Å². The summed E-state index contributed by atoms with van der Waals surface area (Å²) in [5, 5.41) is 3.65. The van der Waals surface area contributed by atoms with Crippen molar-refractivity contribution in [3.63, 3.8) is 0 Å². The van der Waals surface area contributed by atoms with Gasteiger partial charge in [0.1, 0.15) is 5.75 Å². The van der Waals surface area contributed by atoms with E-state index in [0.717, 1.165) is 12.3 Å². The Morgan fingerprint density at radius 2 is 1.84 bits per heavy atom. The topological polar surface area (TPSA) is 21.3 Å². The summed E-state index contributed by atoms with van der Waals surface area (Å²) in [6.07, 6.45) is 2.49. The first-order valence-electron chi connectivity index (χ1n) is 7.43. The standard InChI is InChI=1S/C17H29NO/c1-7-9-12(3)17(18-8-2)15-10-14(5)16(19-6)11-13(15)4/h10-12,17-18H,7-9H2,1-6H3. The van der Waals surface area contributed by atoms with Crippen LogP contribution in [0.15, 0.2) is 12.1 Å². The van der Waals surface area contributed by atoms with Crippen LogP contribution in [0.3, 0.4) is 0 Å². The molecule has 0 aromatic heterocycles. The molecule has 0 bridgehead atoms. The quantitative estimate of drug-likeness (QED) is 0.787. The maximum atomic E-state index is 5.41. The predicted octanol–water partition coefficient (Wildman–Crippen LogP) is 4.40. The van der Waals surface area contributed by atoms with Gasteiger partial charge in [-0.25, -0.2) is 0 Å². The minimum atomic E-state index is 0.439. The number of benzene rings is 1. The van der Waals surface area contributed by atoms with Crippen molar-refractivity contribution >= 4 is 0 Å². The number of ether oxygens (including phenoxy) is 1. The summed E-state index contributed by atoms with van der Waals surface area (Å²) in [4.78, 5) is 0. The lowest BCUT2D eigenvalue weighted by Crippen LogP contribution is -2.27. The molecule has 19 heavy (non-hydrogen) atoms. The molecule has 0 saturated carbocycles. The van der Waals surface area contributed by atoms with Gasteiger partial charge >= 0.3 is 0 Å². The molecule has 1 aromatic rings. The van der Waals surface area contributed by atoms with Crippen molar-refractivity contribution in [3.8, 4) is 5.75 Å². The maximum absolute atomic E-state index is 5.41. The lowest BCUT2D eigenvalue weighted by atomic mass is 9.87. The van der Waals surface area contributed by atoms with E-state index in [1.807, 2.05) is 0 Å². The second-order valence-electron chi connectivity index (χ2n) is 5.48. The summed E-state index contributed by atoms with van der Waals surface area (Å²) >= 11 is 0. The van der Waals surface area contributed by atoms with Crippen LogP contribution in [-0.4, -0.2) is 13.7 Å². The Bertz CT molecular complexity index is 400. The first-order chi connectivity index (χ1) is 9.04. The van der Waals surface area contributed by atoms with E-state index in [4.69, 9.17) is 4.74 Å². The summed E-state index contributed by atoms with van der Waals surface area (Å²) < 4.78 is 5.41. The van der Waals surface area contributed by atoms with Gasteiger partial charge in [0, 0.05) is 6.04 Å². The Balaban J connectivity index is 3.11. The molecule has 0 fully saturated rings. The minimum absolute atomic E-state index is 0.439. The molecule has 0 aliphatic heterocycles. The van der Waals surface area contributed by atoms with E-state index in [9.17, 15) is 0 Å². The highest BCUT2D eigenvalue weighted by Gasteiger charge is 2.20. The van der Waals surface area contributed by atoms with Crippen LogP contribution in [0.5, 0.6) is 5.75 Å². The van der Waals surface area contributed by atoms with Gasteiger partial charge in [-0.1, -0.05) is 33.3 Å². The number of aryl methyl sites for hydroxylation is 2. The second-order valence-corrected chi connectivity index (χ2v) is 5.48. The molecule has 108 valence electrons. The van der Waals surface area contributed by atoms with Crippen molar-refractivity contribution in [1.29, 1.82) is 0 Å². The van der Waals surface area contributed by atoms with E-state index >= 15 is 0 Å². The molecule has 0 spiro atoms. The molecule has 1 N–H and O–H groups in total. The Kier molecular flexibility index (Phi) is 6.36. The number of hydrogen-bond donors (Lipinski definition) is 1. The fraction of sp³-hybridized carbons (Fsp3) is 0.647. The third kappa shape index (κ3) is 3.97. The third-order valence-corrected chi connectivity index (χ3v) is 3.86. The maximum Gasteiger partial charge on any atom is 0.122 e. The summed E-state index contributed by atoms with van der Waals surface area (Å²) in [5.41, 5.74) is 3.95. The van der Waals surface area contributed by atoms with Crippen molar-refractivity contribution in [3.05, 3.63) is 28.8 Å². The molecular formula is C17H29NO. The number of methoxy groups -OCH3 is 1. The molecule has 0 aliphatic rings. The molecule has 2 atom stereocenters. The molecule has 0 heterocycles. The highest BCUT2D eigenvalue weighted by atomic mass is 16.5. The van der Waals surface area contributed by atoms with Crippen LogP contribution < -0.4 is 10.1 Å². The van der Waals surface area contributed by atoms with Crippen molar-refractivity contribution < 1.29 is 4.74 Å². The van der Waals surface area contributed by atoms with Gasteiger partial charge in [-0.2, -0.15) is 0 Å². The van der Waals surface area contributed by atoms with Crippen LogP contribution in [0, 0.1) is 19.8 Å². The van der Waals surface area contributed by atoms with E-state index < -0.39 is 0 Å². The van der Waals surface area contributed by atoms with Crippen molar-refractivity contribution in [2.75, 3.05) is 13.7 Å². The van der Waals surface area contributed by atoms with Gasteiger partial charge < -0.3 is 10.1 Å². The molecule has 1 rings (SSSR count). The fourth-order valence-corrected chi connectivity index (χ4v) is 2.83. The van der Waals surface area contributed by atoms with Gasteiger partial charge in [0.05, 0.1) is 7.11 Å². The average Bonchev–Trinajstić information content (AvgIpc) is 2.38. The Morgan fingerprint density at radius 3 is 2.37 bits per heavy atom. The van der Waals surface area contributed by atoms with Crippen molar-refractivity contribution in [2.45, 2.75) is 53.5 Å². The largest absolute Gasteiger partial charge is 0.496 e.